The smallest absolute Gasteiger partial charge is 0.271 e. The maximum atomic E-state index is 11.9. The van der Waals surface area contributed by atoms with Crippen LogP contribution in [0.15, 0.2) is 54.9 Å². The first-order valence-electron chi connectivity index (χ1n) is 9.84. The van der Waals surface area contributed by atoms with Crippen LogP contribution < -0.4 is 22.1 Å². The molecule has 0 aliphatic heterocycles. The summed E-state index contributed by atoms with van der Waals surface area (Å²) in [5, 5.41) is 6.08. The lowest BCUT2D eigenvalue weighted by atomic mass is 10.0. The van der Waals surface area contributed by atoms with E-state index in [1.165, 1.54) is 6.20 Å². The van der Waals surface area contributed by atoms with Gasteiger partial charge in [-0.3, -0.25) is 14.6 Å². The molecule has 0 spiro atoms. The van der Waals surface area contributed by atoms with Gasteiger partial charge in [-0.2, -0.15) is 0 Å². The van der Waals surface area contributed by atoms with Crippen LogP contribution in [0.1, 0.15) is 30.8 Å². The highest BCUT2D eigenvalue weighted by molar-refractivity contribution is 5.96. The number of hydrogen-bond donors (Lipinski definition) is 4. The minimum atomic E-state index is -0.726. The molecule has 0 saturated carbocycles. The van der Waals surface area contributed by atoms with E-state index >= 15 is 0 Å². The van der Waals surface area contributed by atoms with Crippen molar-refractivity contribution in [3.8, 4) is 11.3 Å². The highest BCUT2D eigenvalue weighted by Crippen LogP contribution is 2.24. The molecule has 2 aromatic heterocycles. The van der Waals surface area contributed by atoms with E-state index in [2.05, 4.69) is 25.6 Å². The minimum Gasteiger partial charge on any atom is -0.368 e. The number of amides is 2. The number of carbonyl (C=O) groups is 2. The zero-order chi connectivity index (χ0) is 22.4. The predicted molar refractivity (Wildman–Crippen MR) is 120 cm³/mol. The van der Waals surface area contributed by atoms with Crippen molar-refractivity contribution < 1.29 is 9.59 Å². The van der Waals surface area contributed by atoms with Gasteiger partial charge in [0.25, 0.3) is 5.91 Å². The number of nitrogens with two attached hydrogens (primary N) is 2. The van der Waals surface area contributed by atoms with Crippen molar-refractivity contribution in [2.24, 2.45) is 17.4 Å². The normalized spacial score (nSPS) is 11.7. The van der Waals surface area contributed by atoms with Crippen LogP contribution in [0.25, 0.3) is 11.3 Å². The van der Waals surface area contributed by atoms with Gasteiger partial charge in [-0.25, -0.2) is 9.97 Å². The molecule has 6 N–H and O–H groups in total. The second kappa shape index (κ2) is 9.66. The Labute approximate surface area is 180 Å². The monoisotopic (exact) mass is 419 g/mol. The molecule has 0 radical (unpaired) electrons. The average molecular weight is 419 g/mol. The minimum absolute atomic E-state index is 0.0201. The molecule has 0 aliphatic rings. The van der Waals surface area contributed by atoms with Gasteiger partial charge in [0.2, 0.25) is 5.91 Å². The van der Waals surface area contributed by atoms with E-state index < -0.39 is 17.9 Å². The van der Waals surface area contributed by atoms with E-state index in [0.29, 0.717) is 17.9 Å². The SMILES string of the molecule is CC(C)C[C@@H](Nc1cnc(C(N)=O)c(Nc2cccc(-c3ccccn3)c2)n1)C(N)=O. The number of primary amides is 2. The van der Waals surface area contributed by atoms with E-state index in [0.717, 1.165) is 11.3 Å². The molecular formula is C22H25N7O2. The standard InChI is InChI=1S/C22H25N7O2/c1-13(2)10-17(20(23)30)28-18-12-26-19(21(24)31)22(29-18)27-15-7-5-6-14(11-15)16-8-3-4-9-25-16/h3-9,11-13,17H,10H2,1-2H3,(H2,23,30)(H2,24,31)(H2,27,28,29)/t17-/m1/s1. The van der Waals surface area contributed by atoms with E-state index in [9.17, 15) is 9.59 Å². The van der Waals surface area contributed by atoms with E-state index in [4.69, 9.17) is 11.5 Å². The molecule has 160 valence electrons. The molecular weight excluding hydrogens is 394 g/mol. The first kappa shape index (κ1) is 21.7. The van der Waals surface area contributed by atoms with Gasteiger partial charge in [0.05, 0.1) is 11.9 Å². The summed E-state index contributed by atoms with van der Waals surface area (Å²) in [6, 6.07) is 12.5. The van der Waals surface area contributed by atoms with Gasteiger partial charge in [0, 0.05) is 17.4 Å². The lowest BCUT2D eigenvalue weighted by Gasteiger charge is -2.19. The Morgan fingerprint density at radius 3 is 2.52 bits per heavy atom. The summed E-state index contributed by atoms with van der Waals surface area (Å²) in [7, 11) is 0. The molecule has 0 bridgehead atoms. The highest BCUT2D eigenvalue weighted by Gasteiger charge is 2.19. The first-order chi connectivity index (χ1) is 14.8. The third-order valence-electron chi connectivity index (χ3n) is 4.46. The number of aromatic nitrogens is 3. The Kier molecular flexibility index (Phi) is 6.76. The number of anilines is 3. The van der Waals surface area contributed by atoms with E-state index in [-0.39, 0.29) is 17.4 Å². The van der Waals surface area contributed by atoms with Crippen LogP contribution in [0, 0.1) is 5.92 Å². The maximum absolute atomic E-state index is 11.9. The van der Waals surface area contributed by atoms with Crippen molar-refractivity contribution in [3.05, 3.63) is 60.6 Å². The fourth-order valence-corrected chi connectivity index (χ4v) is 3.05. The molecule has 31 heavy (non-hydrogen) atoms. The van der Waals surface area contributed by atoms with Gasteiger partial charge < -0.3 is 22.1 Å². The summed E-state index contributed by atoms with van der Waals surface area (Å²) in [6.07, 6.45) is 3.60. The van der Waals surface area contributed by atoms with Gasteiger partial charge in [0.1, 0.15) is 11.9 Å². The third-order valence-corrected chi connectivity index (χ3v) is 4.46. The summed E-state index contributed by atoms with van der Waals surface area (Å²) in [4.78, 5) is 36.5. The quantitative estimate of drug-likeness (QED) is 0.416. The lowest BCUT2D eigenvalue weighted by Crippen LogP contribution is -2.37. The largest absolute Gasteiger partial charge is 0.368 e. The molecule has 0 aliphatic carbocycles. The molecule has 2 amide bonds. The number of carbonyl (C=O) groups excluding carboxylic acids is 2. The summed E-state index contributed by atoms with van der Waals surface area (Å²) >= 11 is 0. The topological polar surface area (TPSA) is 149 Å². The summed E-state index contributed by atoms with van der Waals surface area (Å²) < 4.78 is 0. The van der Waals surface area contributed by atoms with Crippen LogP contribution in [-0.2, 0) is 4.79 Å². The first-order valence-corrected chi connectivity index (χ1v) is 9.84. The van der Waals surface area contributed by atoms with Crippen molar-refractivity contribution in [1.29, 1.82) is 0 Å². The summed E-state index contributed by atoms with van der Waals surface area (Å²) in [6.45, 7) is 3.97. The third kappa shape index (κ3) is 5.75. The summed E-state index contributed by atoms with van der Waals surface area (Å²) in [5.74, 6) is -0.501. The second-order valence-corrected chi connectivity index (χ2v) is 7.47. The van der Waals surface area contributed by atoms with Crippen LogP contribution in [0.4, 0.5) is 17.3 Å². The Bertz CT molecular complexity index is 1070. The summed E-state index contributed by atoms with van der Waals surface area (Å²) in [5.41, 5.74) is 13.3. The van der Waals surface area contributed by atoms with Crippen LogP contribution in [0.3, 0.4) is 0 Å². The number of nitrogens with one attached hydrogen (secondary N) is 2. The Morgan fingerprint density at radius 2 is 1.87 bits per heavy atom. The van der Waals surface area contributed by atoms with Crippen LogP contribution in [0.5, 0.6) is 0 Å². The van der Waals surface area contributed by atoms with Crippen molar-refractivity contribution >= 4 is 29.1 Å². The molecule has 0 fully saturated rings. The Balaban J connectivity index is 1.90. The number of hydrogen-bond acceptors (Lipinski definition) is 7. The van der Waals surface area contributed by atoms with Crippen LogP contribution >= 0.6 is 0 Å². The molecule has 3 rings (SSSR count). The maximum Gasteiger partial charge on any atom is 0.271 e. The highest BCUT2D eigenvalue weighted by atomic mass is 16.1. The molecule has 2 heterocycles. The van der Waals surface area contributed by atoms with Crippen LogP contribution in [-0.4, -0.2) is 32.8 Å². The van der Waals surface area contributed by atoms with Gasteiger partial charge >= 0.3 is 0 Å². The van der Waals surface area contributed by atoms with Crippen LogP contribution in [0.2, 0.25) is 0 Å². The number of pyridine rings is 1. The number of nitrogens with zero attached hydrogens (tertiary/aromatic N) is 3. The Hall–Kier alpha value is -4.01. The molecule has 0 saturated heterocycles. The molecule has 1 atom stereocenters. The number of rotatable bonds is 9. The van der Waals surface area contributed by atoms with Gasteiger partial charge in [-0.05, 0) is 36.6 Å². The van der Waals surface area contributed by atoms with Crippen molar-refractivity contribution in [3.63, 3.8) is 0 Å². The van der Waals surface area contributed by atoms with Gasteiger partial charge in [0.15, 0.2) is 11.5 Å². The average Bonchev–Trinajstić information content (AvgIpc) is 2.74. The fraction of sp³-hybridized carbons (Fsp3) is 0.227. The van der Waals surface area contributed by atoms with Gasteiger partial charge in [-0.1, -0.05) is 32.0 Å². The van der Waals surface area contributed by atoms with Gasteiger partial charge in [-0.15, -0.1) is 0 Å². The Morgan fingerprint density at radius 1 is 1.06 bits per heavy atom. The van der Waals surface area contributed by atoms with Crippen molar-refractivity contribution in [2.45, 2.75) is 26.3 Å². The lowest BCUT2D eigenvalue weighted by molar-refractivity contribution is -0.119. The molecule has 9 nitrogen and oxygen atoms in total. The second-order valence-electron chi connectivity index (χ2n) is 7.47. The molecule has 9 heteroatoms. The van der Waals surface area contributed by atoms with E-state index in [1.54, 1.807) is 6.20 Å². The van der Waals surface area contributed by atoms with E-state index in [1.807, 2.05) is 56.3 Å². The number of benzene rings is 1. The van der Waals surface area contributed by atoms with Crippen molar-refractivity contribution in [1.82, 2.24) is 15.0 Å². The molecule has 0 unspecified atom stereocenters. The zero-order valence-corrected chi connectivity index (χ0v) is 17.4. The predicted octanol–water partition coefficient (Wildman–Crippen LogP) is 2.69. The fourth-order valence-electron chi connectivity index (χ4n) is 3.05. The molecule has 3 aromatic rings. The van der Waals surface area contributed by atoms with Crippen molar-refractivity contribution in [2.75, 3.05) is 10.6 Å². The zero-order valence-electron chi connectivity index (χ0n) is 17.4. The molecule has 1 aromatic carbocycles.